The molecule has 4 rings (SSSR count). The van der Waals surface area contributed by atoms with E-state index in [1.807, 2.05) is 18.2 Å². The molecule has 0 atom stereocenters. The Balaban J connectivity index is 1.86. The number of phenolic OH excluding ortho intramolecular Hbond substituents is 1. The summed E-state index contributed by atoms with van der Waals surface area (Å²) in [6.45, 7) is 8.59. The molecule has 27 heavy (non-hydrogen) atoms. The quantitative estimate of drug-likeness (QED) is 0.794. The van der Waals surface area contributed by atoms with Gasteiger partial charge >= 0.3 is 0 Å². The van der Waals surface area contributed by atoms with Gasteiger partial charge in [-0.15, -0.1) is 6.42 Å². The predicted octanol–water partition coefficient (Wildman–Crippen LogP) is 4.63. The standard InChI is InChI=1S/C24H25NO2/c1-5-11-25-12-10-20-19(15-25)23-21(26)13-17(14-22(23)27-24(20,3)4)18-9-7-6-8-16(18)2/h1,6-9,13-14,26H,10-12,15H2,2-4H3. The molecule has 0 saturated heterocycles. The van der Waals surface area contributed by atoms with E-state index in [1.54, 1.807) is 0 Å². The number of rotatable bonds is 2. The van der Waals surface area contributed by atoms with Crippen LogP contribution in [-0.2, 0) is 0 Å². The third-order valence-corrected chi connectivity index (χ3v) is 5.67. The van der Waals surface area contributed by atoms with Gasteiger partial charge in [0, 0.05) is 13.1 Å². The molecule has 1 N–H and O–H groups in total. The molecule has 2 aliphatic heterocycles. The Morgan fingerprint density at radius 2 is 2.04 bits per heavy atom. The van der Waals surface area contributed by atoms with Gasteiger partial charge in [0.25, 0.3) is 0 Å². The second-order valence-corrected chi connectivity index (χ2v) is 7.92. The largest absolute Gasteiger partial charge is 0.507 e. The molecule has 3 nitrogen and oxygen atoms in total. The third-order valence-electron chi connectivity index (χ3n) is 5.67. The average molecular weight is 359 g/mol. The van der Waals surface area contributed by atoms with Crippen LogP contribution >= 0.6 is 0 Å². The van der Waals surface area contributed by atoms with Crippen LogP contribution in [0, 0.1) is 19.3 Å². The first-order valence-electron chi connectivity index (χ1n) is 9.41. The molecular formula is C24H25NO2. The zero-order chi connectivity index (χ0) is 19.2. The highest BCUT2D eigenvalue weighted by Gasteiger charge is 2.38. The second kappa shape index (κ2) is 6.48. The van der Waals surface area contributed by atoms with Crippen LogP contribution < -0.4 is 4.74 Å². The zero-order valence-corrected chi connectivity index (χ0v) is 16.2. The van der Waals surface area contributed by atoms with Crippen LogP contribution in [0.1, 0.15) is 31.4 Å². The SMILES string of the molecule is C#CCN1CCC2=C(C1)c1c(O)cc(-c3ccccc3C)cc1OC2(C)C. The number of ether oxygens (including phenoxy) is 1. The number of aryl methyl sites for hydroxylation is 1. The van der Waals surface area contributed by atoms with E-state index in [2.05, 4.69) is 49.8 Å². The molecule has 0 aliphatic carbocycles. The number of fused-ring (bicyclic) bond motifs is 2. The Hall–Kier alpha value is -2.70. The van der Waals surface area contributed by atoms with Gasteiger partial charge in [0.2, 0.25) is 0 Å². The maximum absolute atomic E-state index is 10.9. The van der Waals surface area contributed by atoms with Crippen molar-refractivity contribution in [3.8, 4) is 35.0 Å². The van der Waals surface area contributed by atoms with Gasteiger partial charge in [0.1, 0.15) is 17.1 Å². The Bertz CT molecular complexity index is 978. The van der Waals surface area contributed by atoms with Gasteiger partial charge in [0.15, 0.2) is 0 Å². The molecule has 0 radical (unpaired) electrons. The van der Waals surface area contributed by atoms with Crippen LogP contribution in [0.15, 0.2) is 42.0 Å². The normalized spacial score (nSPS) is 18.3. The number of hydrogen-bond acceptors (Lipinski definition) is 3. The van der Waals surface area contributed by atoms with Crippen molar-refractivity contribution in [3.63, 3.8) is 0 Å². The van der Waals surface area contributed by atoms with Gasteiger partial charge in [-0.2, -0.15) is 0 Å². The highest BCUT2D eigenvalue weighted by molar-refractivity contribution is 5.85. The number of nitrogens with zero attached hydrogens (tertiary/aromatic N) is 1. The summed E-state index contributed by atoms with van der Waals surface area (Å²) in [4.78, 5) is 2.25. The van der Waals surface area contributed by atoms with Crippen molar-refractivity contribution in [2.24, 2.45) is 0 Å². The Morgan fingerprint density at radius 1 is 1.26 bits per heavy atom. The molecule has 3 heteroatoms. The van der Waals surface area contributed by atoms with E-state index in [4.69, 9.17) is 11.2 Å². The van der Waals surface area contributed by atoms with Gasteiger partial charge in [-0.1, -0.05) is 30.2 Å². The van der Waals surface area contributed by atoms with Crippen LogP contribution in [0.3, 0.4) is 0 Å². The van der Waals surface area contributed by atoms with Crippen molar-refractivity contribution < 1.29 is 9.84 Å². The molecule has 2 aliphatic rings. The molecule has 2 aromatic rings. The highest BCUT2D eigenvalue weighted by Crippen LogP contribution is 2.49. The van der Waals surface area contributed by atoms with Gasteiger partial charge < -0.3 is 9.84 Å². The van der Waals surface area contributed by atoms with E-state index in [0.717, 1.165) is 47.5 Å². The fraction of sp³-hybridized carbons (Fsp3) is 0.333. The summed E-state index contributed by atoms with van der Waals surface area (Å²) in [5.74, 6) is 3.76. The summed E-state index contributed by atoms with van der Waals surface area (Å²) in [7, 11) is 0. The van der Waals surface area contributed by atoms with E-state index >= 15 is 0 Å². The van der Waals surface area contributed by atoms with Crippen LogP contribution in [0.5, 0.6) is 11.5 Å². The van der Waals surface area contributed by atoms with Crippen LogP contribution in [0.25, 0.3) is 16.7 Å². The first kappa shape index (κ1) is 17.7. The summed E-state index contributed by atoms with van der Waals surface area (Å²) < 4.78 is 6.39. The maximum atomic E-state index is 10.9. The van der Waals surface area contributed by atoms with Gasteiger partial charge in [0.05, 0.1) is 12.1 Å². The first-order chi connectivity index (χ1) is 12.9. The monoisotopic (exact) mass is 359 g/mol. The molecule has 0 spiro atoms. The van der Waals surface area contributed by atoms with E-state index in [-0.39, 0.29) is 11.4 Å². The first-order valence-corrected chi connectivity index (χ1v) is 9.41. The molecule has 0 aromatic heterocycles. The molecule has 0 fully saturated rings. The number of hydrogen-bond donors (Lipinski definition) is 1. The molecule has 0 bridgehead atoms. The van der Waals surface area contributed by atoms with Crippen molar-refractivity contribution in [3.05, 3.63) is 53.1 Å². The van der Waals surface area contributed by atoms with Crippen molar-refractivity contribution in [2.45, 2.75) is 32.8 Å². The molecule has 138 valence electrons. The fourth-order valence-electron chi connectivity index (χ4n) is 4.35. The van der Waals surface area contributed by atoms with Gasteiger partial charge in [-0.05, 0) is 67.2 Å². The second-order valence-electron chi connectivity index (χ2n) is 7.92. The summed E-state index contributed by atoms with van der Waals surface area (Å²) >= 11 is 0. The minimum atomic E-state index is -0.388. The number of phenols is 1. The lowest BCUT2D eigenvalue weighted by molar-refractivity contribution is 0.131. The van der Waals surface area contributed by atoms with Crippen molar-refractivity contribution in [1.29, 1.82) is 0 Å². The summed E-state index contributed by atoms with van der Waals surface area (Å²) in [6.07, 6.45) is 6.43. The Morgan fingerprint density at radius 3 is 2.78 bits per heavy atom. The minimum Gasteiger partial charge on any atom is -0.507 e. The molecule has 2 aromatic carbocycles. The number of aromatic hydroxyl groups is 1. The fourth-order valence-corrected chi connectivity index (χ4v) is 4.35. The van der Waals surface area contributed by atoms with Crippen molar-refractivity contribution in [2.75, 3.05) is 19.6 Å². The van der Waals surface area contributed by atoms with Crippen molar-refractivity contribution in [1.82, 2.24) is 4.90 Å². The number of benzene rings is 2. The zero-order valence-electron chi connectivity index (χ0n) is 16.2. The molecule has 0 amide bonds. The predicted molar refractivity (Wildman–Crippen MR) is 110 cm³/mol. The molecular weight excluding hydrogens is 334 g/mol. The lowest BCUT2D eigenvalue weighted by Gasteiger charge is -2.42. The smallest absolute Gasteiger partial charge is 0.132 e. The molecule has 0 saturated carbocycles. The third kappa shape index (κ3) is 3.01. The summed E-state index contributed by atoms with van der Waals surface area (Å²) in [6, 6.07) is 12.1. The van der Waals surface area contributed by atoms with Crippen LogP contribution in [-0.4, -0.2) is 35.2 Å². The topological polar surface area (TPSA) is 32.7 Å². The van der Waals surface area contributed by atoms with E-state index < -0.39 is 0 Å². The Labute approximate surface area is 161 Å². The number of terminal acetylenes is 1. The summed E-state index contributed by atoms with van der Waals surface area (Å²) in [5.41, 5.74) is 6.11. The van der Waals surface area contributed by atoms with Crippen LogP contribution in [0.2, 0.25) is 0 Å². The van der Waals surface area contributed by atoms with E-state index in [1.165, 1.54) is 11.1 Å². The average Bonchev–Trinajstić information content (AvgIpc) is 2.61. The Kier molecular flexibility index (Phi) is 4.25. The van der Waals surface area contributed by atoms with Crippen molar-refractivity contribution >= 4 is 5.57 Å². The molecule has 2 heterocycles. The lowest BCUT2D eigenvalue weighted by atomic mass is 9.81. The van der Waals surface area contributed by atoms with Gasteiger partial charge in [-0.3, -0.25) is 4.90 Å². The lowest BCUT2D eigenvalue weighted by Crippen LogP contribution is -2.42. The van der Waals surface area contributed by atoms with Crippen LogP contribution in [0.4, 0.5) is 0 Å². The van der Waals surface area contributed by atoms with E-state index in [9.17, 15) is 5.11 Å². The summed E-state index contributed by atoms with van der Waals surface area (Å²) in [5, 5.41) is 10.9. The molecule has 0 unspecified atom stereocenters. The van der Waals surface area contributed by atoms with Gasteiger partial charge in [-0.25, -0.2) is 0 Å². The highest BCUT2D eigenvalue weighted by atomic mass is 16.5. The van der Waals surface area contributed by atoms with E-state index in [0.29, 0.717) is 6.54 Å². The minimum absolute atomic E-state index is 0.274. The maximum Gasteiger partial charge on any atom is 0.132 e.